The van der Waals surface area contributed by atoms with Gasteiger partial charge in [0.25, 0.3) is 0 Å². The van der Waals surface area contributed by atoms with E-state index >= 15 is 0 Å². The number of nitrogens with zero attached hydrogens (tertiary/aromatic N) is 2. The Bertz CT molecular complexity index is 550. The number of nitro groups is 1. The monoisotopic (exact) mass is 268 g/mol. The lowest BCUT2D eigenvalue weighted by molar-refractivity contribution is -0.386. The zero-order valence-electron chi connectivity index (χ0n) is 11.1. The molecular weight excluding hydrogens is 252 g/mol. The van der Waals surface area contributed by atoms with Crippen LogP contribution in [-0.2, 0) is 9.53 Å². The molecule has 19 heavy (non-hydrogen) atoms. The van der Waals surface area contributed by atoms with Crippen molar-refractivity contribution in [3.05, 3.63) is 38.3 Å². The fourth-order valence-electron chi connectivity index (χ4n) is 1.85. The number of ether oxygens (including phenoxy) is 1. The van der Waals surface area contributed by atoms with E-state index in [-0.39, 0.29) is 6.61 Å². The molecule has 0 bridgehead atoms. The van der Waals surface area contributed by atoms with Gasteiger partial charge in [-0.2, -0.15) is 0 Å². The maximum Gasteiger partial charge on any atom is 0.334 e. The van der Waals surface area contributed by atoms with Gasteiger partial charge in [0.1, 0.15) is 6.04 Å². The normalized spacial score (nSPS) is 11.9. The Balaban J connectivity index is 3.39. The van der Waals surface area contributed by atoms with Crippen molar-refractivity contribution >= 4 is 11.7 Å². The summed E-state index contributed by atoms with van der Waals surface area (Å²) in [6, 6.07) is 1.75. The summed E-state index contributed by atoms with van der Waals surface area (Å²) in [5.74, 6) is -0.560. The van der Waals surface area contributed by atoms with Crippen LogP contribution in [0.15, 0.2) is 16.9 Å². The third-order valence-electron chi connectivity index (χ3n) is 2.75. The highest BCUT2D eigenvalue weighted by Crippen LogP contribution is 2.16. The summed E-state index contributed by atoms with van der Waals surface area (Å²) < 4.78 is 6.01. The zero-order valence-corrected chi connectivity index (χ0v) is 11.1. The van der Waals surface area contributed by atoms with Gasteiger partial charge in [0.15, 0.2) is 0 Å². The lowest BCUT2D eigenvalue weighted by Crippen LogP contribution is -2.33. The van der Waals surface area contributed by atoms with Gasteiger partial charge in [0.05, 0.1) is 11.5 Å². The molecule has 7 nitrogen and oxygen atoms in total. The van der Waals surface area contributed by atoms with Gasteiger partial charge in [-0.25, -0.2) is 4.79 Å². The molecule has 0 spiro atoms. The zero-order chi connectivity index (χ0) is 14.6. The van der Waals surface area contributed by atoms with Crippen molar-refractivity contribution in [1.82, 2.24) is 4.57 Å². The van der Waals surface area contributed by atoms with Gasteiger partial charge in [-0.1, -0.05) is 6.92 Å². The van der Waals surface area contributed by atoms with Gasteiger partial charge in [-0.3, -0.25) is 19.5 Å². The molecule has 0 saturated carbocycles. The lowest BCUT2D eigenvalue weighted by atomic mass is 10.2. The first kappa shape index (κ1) is 14.9. The minimum Gasteiger partial charge on any atom is -0.464 e. The standard InChI is InChI=1S/C12H16N2O5/c1-4-9(12(16)19-5-2)13-8(3)6-7-10(11(13)15)14(17)18/h6-7,9H,4-5H2,1-3H3. The molecule has 7 heteroatoms. The van der Waals surface area contributed by atoms with Gasteiger partial charge < -0.3 is 4.74 Å². The van der Waals surface area contributed by atoms with E-state index in [4.69, 9.17) is 4.74 Å². The highest BCUT2D eigenvalue weighted by molar-refractivity contribution is 5.74. The van der Waals surface area contributed by atoms with Gasteiger partial charge >= 0.3 is 17.2 Å². The van der Waals surface area contributed by atoms with Crippen molar-refractivity contribution in [3.8, 4) is 0 Å². The molecule has 1 unspecified atom stereocenters. The lowest BCUT2D eigenvalue weighted by Gasteiger charge is -2.18. The smallest absolute Gasteiger partial charge is 0.334 e. The van der Waals surface area contributed by atoms with Gasteiger partial charge in [-0.15, -0.1) is 0 Å². The molecule has 1 atom stereocenters. The van der Waals surface area contributed by atoms with Crippen LogP contribution in [0, 0.1) is 17.0 Å². The topological polar surface area (TPSA) is 91.4 Å². The Morgan fingerprint density at radius 2 is 2.11 bits per heavy atom. The quantitative estimate of drug-likeness (QED) is 0.459. The maximum atomic E-state index is 12.1. The molecule has 1 aromatic rings. The molecule has 0 aromatic carbocycles. The van der Waals surface area contributed by atoms with Crippen molar-refractivity contribution in [2.45, 2.75) is 33.2 Å². The highest BCUT2D eigenvalue weighted by atomic mass is 16.6. The van der Waals surface area contributed by atoms with Crippen molar-refractivity contribution in [2.75, 3.05) is 6.61 Å². The van der Waals surface area contributed by atoms with Gasteiger partial charge in [0.2, 0.25) is 0 Å². The number of hydrogen-bond acceptors (Lipinski definition) is 5. The molecule has 0 N–H and O–H groups in total. The number of esters is 1. The summed E-state index contributed by atoms with van der Waals surface area (Å²) in [7, 11) is 0. The van der Waals surface area contributed by atoms with E-state index < -0.39 is 28.2 Å². The Morgan fingerprint density at radius 3 is 2.58 bits per heavy atom. The molecule has 0 amide bonds. The number of aromatic nitrogens is 1. The average Bonchev–Trinajstić information content (AvgIpc) is 2.33. The first-order valence-corrected chi connectivity index (χ1v) is 5.97. The van der Waals surface area contributed by atoms with Crippen LogP contribution in [0.5, 0.6) is 0 Å². The molecular formula is C12H16N2O5. The summed E-state index contributed by atoms with van der Waals surface area (Å²) in [6.45, 7) is 5.19. The maximum absolute atomic E-state index is 12.1. The minimum absolute atomic E-state index is 0.193. The highest BCUT2D eigenvalue weighted by Gasteiger charge is 2.26. The third kappa shape index (κ3) is 2.98. The average molecular weight is 268 g/mol. The predicted octanol–water partition coefficient (Wildman–Crippen LogP) is 1.58. The van der Waals surface area contributed by atoms with E-state index in [0.717, 1.165) is 10.6 Å². The molecule has 1 aromatic heterocycles. The molecule has 1 heterocycles. The molecule has 0 aliphatic rings. The van der Waals surface area contributed by atoms with Crippen LogP contribution < -0.4 is 5.56 Å². The number of hydrogen-bond donors (Lipinski definition) is 0. The summed E-state index contributed by atoms with van der Waals surface area (Å²) in [4.78, 5) is 33.9. The number of aryl methyl sites for hydroxylation is 1. The van der Waals surface area contributed by atoms with Crippen LogP contribution in [-0.4, -0.2) is 22.1 Å². The largest absolute Gasteiger partial charge is 0.464 e. The molecule has 0 saturated heterocycles. The fraction of sp³-hybridized carbons (Fsp3) is 0.500. The molecule has 104 valence electrons. The first-order valence-electron chi connectivity index (χ1n) is 5.97. The van der Waals surface area contributed by atoms with Crippen LogP contribution in [0.25, 0.3) is 0 Å². The van der Waals surface area contributed by atoms with E-state index in [1.165, 1.54) is 6.07 Å². The van der Waals surface area contributed by atoms with Gasteiger partial charge in [0, 0.05) is 11.8 Å². The first-order chi connectivity index (χ1) is 8.93. The Kier molecular flexibility index (Phi) is 4.80. The summed E-state index contributed by atoms with van der Waals surface area (Å²) >= 11 is 0. The van der Waals surface area contributed by atoms with E-state index in [1.807, 2.05) is 0 Å². The minimum atomic E-state index is -0.840. The summed E-state index contributed by atoms with van der Waals surface area (Å²) in [5, 5.41) is 10.8. The van der Waals surface area contributed by atoms with E-state index in [0.29, 0.717) is 12.1 Å². The number of carbonyl (C=O) groups excluding carboxylic acids is 1. The second kappa shape index (κ2) is 6.12. The van der Waals surface area contributed by atoms with Crippen molar-refractivity contribution in [2.24, 2.45) is 0 Å². The second-order valence-corrected chi connectivity index (χ2v) is 3.97. The van der Waals surface area contributed by atoms with E-state index in [1.54, 1.807) is 20.8 Å². The summed E-state index contributed by atoms with van der Waals surface area (Å²) in [6.07, 6.45) is 0.320. The number of pyridine rings is 1. The number of carbonyl (C=O) groups is 1. The van der Waals surface area contributed by atoms with E-state index in [9.17, 15) is 19.7 Å². The Labute approximate surface area is 110 Å². The van der Waals surface area contributed by atoms with Crippen molar-refractivity contribution in [1.29, 1.82) is 0 Å². The Hall–Kier alpha value is -2.18. The van der Waals surface area contributed by atoms with Crippen LogP contribution in [0.3, 0.4) is 0 Å². The second-order valence-electron chi connectivity index (χ2n) is 3.97. The molecule has 0 fully saturated rings. The molecule has 0 radical (unpaired) electrons. The molecule has 0 aliphatic heterocycles. The Morgan fingerprint density at radius 1 is 1.47 bits per heavy atom. The van der Waals surface area contributed by atoms with Crippen molar-refractivity contribution in [3.63, 3.8) is 0 Å². The summed E-state index contributed by atoms with van der Waals surface area (Å²) in [5.41, 5.74) is -0.853. The van der Waals surface area contributed by atoms with Crippen molar-refractivity contribution < 1.29 is 14.5 Å². The third-order valence-corrected chi connectivity index (χ3v) is 2.75. The van der Waals surface area contributed by atoms with E-state index in [2.05, 4.69) is 0 Å². The van der Waals surface area contributed by atoms with Crippen LogP contribution in [0.1, 0.15) is 32.0 Å². The number of rotatable bonds is 5. The molecule has 0 aliphatic carbocycles. The van der Waals surface area contributed by atoms with Crippen LogP contribution in [0.4, 0.5) is 5.69 Å². The molecule has 1 rings (SSSR count). The van der Waals surface area contributed by atoms with Crippen LogP contribution in [0.2, 0.25) is 0 Å². The van der Waals surface area contributed by atoms with Gasteiger partial charge in [-0.05, 0) is 26.3 Å². The van der Waals surface area contributed by atoms with Crippen LogP contribution >= 0.6 is 0 Å². The SMILES string of the molecule is CCOC(=O)C(CC)n1c(C)ccc([N+](=O)[O-])c1=O. The predicted molar refractivity (Wildman–Crippen MR) is 68.1 cm³/mol. The fourth-order valence-corrected chi connectivity index (χ4v) is 1.85.